The van der Waals surface area contributed by atoms with Gasteiger partial charge in [-0.2, -0.15) is 0 Å². The minimum absolute atomic E-state index is 0.669. The molecule has 2 aromatic heterocycles. The van der Waals surface area contributed by atoms with E-state index in [0.29, 0.717) is 5.69 Å². The van der Waals surface area contributed by atoms with E-state index in [0.717, 1.165) is 24.5 Å². The van der Waals surface area contributed by atoms with Crippen LogP contribution < -0.4 is 11.1 Å². The van der Waals surface area contributed by atoms with Crippen molar-refractivity contribution in [3.05, 3.63) is 36.5 Å². The summed E-state index contributed by atoms with van der Waals surface area (Å²) in [4.78, 5) is 11.1. The number of hydrogen-bond acceptors (Lipinski definition) is 4. The summed E-state index contributed by atoms with van der Waals surface area (Å²) in [5.74, 6) is 0.733. The zero-order valence-corrected chi connectivity index (χ0v) is 8.27. The minimum Gasteiger partial charge on any atom is -0.396 e. The van der Waals surface area contributed by atoms with E-state index in [9.17, 15) is 0 Å². The molecule has 2 rings (SSSR count). The molecule has 0 fully saturated rings. The summed E-state index contributed by atoms with van der Waals surface area (Å²) in [6.45, 7) is 0.781. The van der Waals surface area contributed by atoms with Crippen LogP contribution in [0.3, 0.4) is 0 Å². The van der Waals surface area contributed by atoms with Gasteiger partial charge in [0, 0.05) is 31.1 Å². The first-order valence-electron chi connectivity index (χ1n) is 4.78. The Morgan fingerprint density at radius 1 is 1.47 bits per heavy atom. The molecule has 0 unspecified atom stereocenters. The Balaban J connectivity index is 1.86. The summed E-state index contributed by atoms with van der Waals surface area (Å²) in [7, 11) is 0. The molecule has 0 amide bonds. The van der Waals surface area contributed by atoms with Crippen LogP contribution >= 0.6 is 0 Å². The molecule has 0 aromatic carbocycles. The van der Waals surface area contributed by atoms with Gasteiger partial charge in [0.2, 0.25) is 0 Å². The lowest BCUT2D eigenvalue weighted by molar-refractivity contribution is 0.969. The second-order valence-corrected chi connectivity index (χ2v) is 3.19. The van der Waals surface area contributed by atoms with Gasteiger partial charge in [-0.1, -0.05) is 0 Å². The van der Waals surface area contributed by atoms with Crippen LogP contribution in [0.25, 0.3) is 0 Å². The van der Waals surface area contributed by atoms with E-state index in [4.69, 9.17) is 5.73 Å². The van der Waals surface area contributed by atoms with Gasteiger partial charge in [0.15, 0.2) is 0 Å². The molecule has 5 nitrogen and oxygen atoms in total. The topological polar surface area (TPSA) is 79.6 Å². The molecule has 0 spiro atoms. The van der Waals surface area contributed by atoms with Gasteiger partial charge in [-0.05, 0) is 12.1 Å². The van der Waals surface area contributed by atoms with E-state index in [-0.39, 0.29) is 0 Å². The maximum absolute atomic E-state index is 5.73. The fourth-order valence-electron chi connectivity index (χ4n) is 1.30. The van der Waals surface area contributed by atoms with Gasteiger partial charge in [-0.3, -0.25) is 0 Å². The fraction of sp³-hybridized carbons (Fsp3) is 0.200. The zero-order chi connectivity index (χ0) is 10.5. The number of aromatic amines is 1. The van der Waals surface area contributed by atoms with Crippen molar-refractivity contribution >= 4 is 11.5 Å². The number of anilines is 2. The van der Waals surface area contributed by atoms with Crippen molar-refractivity contribution in [2.45, 2.75) is 6.42 Å². The van der Waals surface area contributed by atoms with Gasteiger partial charge >= 0.3 is 0 Å². The van der Waals surface area contributed by atoms with Crippen molar-refractivity contribution in [1.29, 1.82) is 0 Å². The molecule has 2 aromatic rings. The number of pyridine rings is 1. The normalized spacial score (nSPS) is 10.1. The number of nitrogen functional groups attached to an aromatic ring is 1. The molecule has 0 aliphatic carbocycles. The van der Waals surface area contributed by atoms with E-state index in [1.54, 1.807) is 12.5 Å². The Labute approximate surface area is 87.8 Å². The van der Waals surface area contributed by atoms with Crippen LogP contribution in [-0.4, -0.2) is 21.5 Å². The number of nitrogens with one attached hydrogen (secondary N) is 2. The molecule has 0 saturated carbocycles. The standard InChI is InChI=1S/C10H13N5/c11-9-2-1-4-13-10(9)14-5-3-8-6-12-7-15-8/h1-2,4,6-7H,3,5,11H2,(H,12,15)(H,13,14). The van der Waals surface area contributed by atoms with Crippen molar-refractivity contribution in [2.24, 2.45) is 0 Å². The third kappa shape index (κ3) is 2.46. The molecule has 0 bridgehead atoms. The first-order chi connectivity index (χ1) is 7.36. The number of H-pyrrole nitrogens is 1. The van der Waals surface area contributed by atoms with Crippen LogP contribution in [0.4, 0.5) is 11.5 Å². The van der Waals surface area contributed by atoms with Crippen molar-refractivity contribution in [3.8, 4) is 0 Å². The Morgan fingerprint density at radius 3 is 3.13 bits per heavy atom. The summed E-state index contributed by atoms with van der Waals surface area (Å²) in [6.07, 6.45) is 6.07. The highest BCUT2D eigenvalue weighted by molar-refractivity contribution is 5.60. The predicted molar refractivity (Wildman–Crippen MR) is 59.4 cm³/mol. The number of nitrogens with zero attached hydrogens (tertiary/aromatic N) is 2. The Morgan fingerprint density at radius 2 is 2.40 bits per heavy atom. The molecule has 78 valence electrons. The molecule has 4 N–H and O–H groups in total. The van der Waals surface area contributed by atoms with Crippen LogP contribution in [-0.2, 0) is 6.42 Å². The predicted octanol–water partition coefficient (Wildman–Crippen LogP) is 1.04. The number of nitrogens with two attached hydrogens (primary N) is 1. The lowest BCUT2D eigenvalue weighted by atomic mass is 10.3. The second-order valence-electron chi connectivity index (χ2n) is 3.19. The van der Waals surface area contributed by atoms with Crippen molar-refractivity contribution in [2.75, 3.05) is 17.6 Å². The summed E-state index contributed by atoms with van der Waals surface area (Å²) in [5.41, 5.74) is 7.50. The highest BCUT2D eigenvalue weighted by Gasteiger charge is 1.98. The van der Waals surface area contributed by atoms with Crippen molar-refractivity contribution in [3.63, 3.8) is 0 Å². The molecule has 0 atom stereocenters. The van der Waals surface area contributed by atoms with E-state index in [2.05, 4.69) is 20.3 Å². The number of rotatable bonds is 4. The largest absolute Gasteiger partial charge is 0.396 e. The molecule has 0 aliphatic rings. The van der Waals surface area contributed by atoms with E-state index < -0.39 is 0 Å². The van der Waals surface area contributed by atoms with Gasteiger partial charge < -0.3 is 16.0 Å². The monoisotopic (exact) mass is 203 g/mol. The highest BCUT2D eigenvalue weighted by atomic mass is 15.0. The van der Waals surface area contributed by atoms with Gasteiger partial charge in [-0.15, -0.1) is 0 Å². The van der Waals surface area contributed by atoms with Gasteiger partial charge in [0.1, 0.15) is 5.82 Å². The van der Waals surface area contributed by atoms with Crippen LogP contribution in [0.1, 0.15) is 5.69 Å². The summed E-state index contributed by atoms with van der Waals surface area (Å²) < 4.78 is 0. The Bertz CT molecular complexity index is 410. The maximum Gasteiger partial charge on any atom is 0.149 e. The highest BCUT2D eigenvalue weighted by Crippen LogP contribution is 2.12. The zero-order valence-electron chi connectivity index (χ0n) is 8.27. The quantitative estimate of drug-likeness (QED) is 0.693. The van der Waals surface area contributed by atoms with Crippen LogP contribution in [0.5, 0.6) is 0 Å². The second kappa shape index (κ2) is 4.45. The lowest BCUT2D eigenvalue weighted by Crippen LogP contribution is -2.08. The third-order valence-corrected chi connectivity index (χ3v) is 2.08. The first kappa shape index (κ1) is 9.51. The average Bonchev–Trinajstić information content (AvgIpc) is 2.74. The summed E-state index contributed by atoms with van der Waals surface area (Å²) >= 11 is 0. The van der Waals surface area contributed by atoms with Crippen LogP contribution in [0, 0.1) is 0 Å². The van der Waals surface area contributed by atoms with E-state index in [1.165, 1.54) is 0 Å². The van der Waals surface area contributed by atoms with Gasteiger partial charge in [0.05, 0.1) is 12.0 Å². The van der Waals surface area contributed by atoms with Gasteiger partial charge in [-0.25, -0.2) is 9.97 Å². The van der Waals surface area contributed by atoms with E-state index in [1.807, 2.05) is 18.3 Å². The molecule has 0 radical (unpaired) electrons. The SMILES string of the molecule is Nc1cccnc1NCCc1cnc[nH]1. The Kier molecular flexibility index (Phi) is 2.82. The molecule has 2 heterocycles. The molecular weight excluding hydrogens is 190 g/mol. The minimum atomic E-state index is 0.669. The smallest absolute Gasteiger partial charge is 0.149 e. The van der Waals surface area contributed by atoms with E-state index >= 15 is 0 Å². The summed E-state index contributed by atoms with van der Waals surface area (Å²) in [5, 5.41) is 3.17. The van der Waals surface area contributed by atoms with Crippen LogP contribution in [0.2, 0.25) is 0 Å². The number of hydrogen-bond donors (Lipinski definition) is 3. The van der Waals surface area contributed by atoms with Gasteiger partial charge in [0.25, 0.3) is 0 Å². The molecule has 15 heavy (non-hydrogen) atoms. The molecule has 0 saturated heterocycles. The van der Waals surface area contributed by atoms with Crippen molar-refractivity contribution < 1.29 is 0 Å². The summed E-state index contributed by atoms with van der Waals surface area (Å²) in [6, 6.07) is 3.64. The number of imidazole rings is 1. The van der Waals surface area contributed by atoms with Crippen molar-refractivity contribution in [1.82, 2.24) is 15.0 Å². The van der Waals surface area contributed by atoms with Crippen LogP contribution in [0.15, 0.2) is 30.9 Å². The number of aromatic nitrogens is 3. The fourth-order valence-corrected chi connectivity index (χ4v) is 1.30. The maximum atomic E-state index is 5.73. The third-order valence-electron chi connectivity index (χ3n) is 2.08. The first-order valence-corrected chi connectivity index (χ1v) is 4.78. The molecule has 0 aliphatic heterocycles. The average molecular weight is 203 g/mol. The Hall–Kier alpha value is -2.04. The lowest BCUT2D eigenvalue weighted by Gasteiger charge is -2.06. The molecule has 5 heteroatoms. The molecular formula is C10H13N5.